The Morgan fingerprint density at radius 2 is 1.56 bits per heavy atom. The number of halogens is 2. The molecule has 1 aromatic carbocycles. The highest BCUT2D eigenvalue weighted by molar-refractivity contribution is 9.11. The van der Waals surface area contributed by atoms with E-state index in [0.29, 0.717) is 0 Å². The van der Waals surface area contributed by atoms with Crippen molar-refractivity contribution in [3.63, 3.8) is 0 Å². The molecule has 0 aliphatic heterocycles. The van der Waals surface area contributed by atoms with Crippen molar-refractivity contribution >= 4 is 49.2 Å². The number of hydrogen-bond acceptors (Lipinski definition) is 6. The monoisotopic (exact) mass is 382 g/mol. The first kappa shape index (κ1) is 14.5. The SMILES string of the molecule is COC(=O)c1c([N+](=O)[O-])c(Br)cc(Br)c1[N+](=O)[O-]. The van der Waals surface area contributed by atoms with Gasteiger partial charge in [0.1, 0.15) is 0 Å². The van der Waals surface area contributed by atoms with E-state index in [2.05, 4.69) is 36.6 Å². The molecule has 0 aliphatic rings. The van der Waals surface area contributed by atoms with Crippen LogP contribution in [0.1, 0.15) is 10.4 Å². The molecule has 0 heterocycles. The molecule has 8 nitrogen and oxygen atoms in total. The lowest BCUT2D eigenvalue weighted by Crippen LogP contribution is -2.10. The Labute approximate surface area is 116 Å². The fraction of sp³-hybridized carbons (Fsp3) is 0.125. The highest BCUT2D eigenvalue weighted by atomic mass is 79.9. The van der Waals surface area contributed by atoms with Gasteiger partial charge in [-0.1, -0.05) is 0 Å². The molecule has 1 rings (SSSR count). The summed E-state index contributed by atoms with van der Waals surface area (Å²) in [7, 11) is 0.977. The summed E-state index contributed by atoms with van der Waals surface area (Å²) in [5, 5.41) is 21.8. The summed E-state index contributed by atoms with van der Waals surface area (Å²) in [4.78, 5) is 31.5. The number of carbonyl (C=O) groups excluding carboxylic acids is 1. The zero-order valence-electron chi connectivity index (χ0n) is 8.68. The van der Waals surface area contributed by atoms with Crippen LogP contribution in [-0.4, -0.2) is 22.9 Å². The van der Waals surface area contributed by atoms with Crippen LogP contribution in [0, 0.1) is 20.2 Å². The molecule has 0 atom stereocenters. The minimum Gasteiger partial charge on any atom is -0.465 e. The van der Waals surface area contributed by atoms with Gasteiger partial charge in [0.2, 0.25) is 5.56 Å². The number of esters is 1. The third-order valence-corrected chi connectivity index (χ3v) is 3.14. The maximum absolute atomic E-state index is 11.5. The Morgan fingerprint density at radius 3 is 1.83 bits per heavy atom. The van der Waals surface area contributed by atoms with E-state index >= 15 is 0 Å². The van der Waals surface area contributed by atoms with Crippen molar-refractivity contribution in [3.8, 4) is 0 Å². The second kappa shape index (κ2) is 5.40. The van der Waals surface area contributed by atoms with Crippen LogP contribution in [0.25, 0.3) is 0 Å². The molecule has 0 amide bonds. The van der Waals surface area contributed by atoms with Crippen LogP contribution in [0.15, 0.2) is 15.0 Å². The fourth-order valence-electron chi connectivity index (χ4n) is 1.25. The van der Waals surface area contributed by atoms with Crippen molar-refractivity contribution in [3.05, 3.63) is 40.8 Å². The molecule has 1 aromatic rings. The first-order chi connectivity index (χ1) is 8.31. The smallest absolute Gasteiger partial charge is 0.352 e. The van der Waals surface area contributed by atoms with E-state index in [1.54, 1.807) is 0 Å². The van der Waals surface area contributed by atoms with Gasteiger partial charge < -0.3 is 4.74 Å². The molecule has 18 heavy (non-hydrogen) atoms. The summed E-state index contributed by atoms with van der Waals surface area (Å²) in [5.74, 6) is -1.16. The normalized spacial score (nSPS) is 9.94. The maximum Gasteiger partial charge on any atom is 0.352 e. The lowest BCUT2D eigenvalue weighted by Gasteiger charge is -2.05. The second-order valence-corrected chi connectivity index (χ2v) is 4.63. The highest BCUT2D eigenvalue weighted by Crippen LogP contribution is 2.41. The molecule has 0 fully saturated rings. The van der Waals surface area contributed by atoms with Crippen molar-refractivity contribution < 1.29 is 19.4 Å². The lowest BCUT2D eigenvalue weighted by atomic mass is 10.1. The molecular weight excluding hydrogens is 380 g/mol. The van der Waals surface area contributed by atoms with Crippen molar-refractivity contribution in [1.29, 1.82) is 0 Å². The minimum absolute atomic E-state index is 0.0645. The van der Waals surface area contributed by atoms with E-state index in [0.717, 1.165) is 13.2 Å². The highest BCUT2D eigenvalue weighted by Gasteiger charge is 2.36. The van der Waals surface area contributed by atoms with Gasteiger partial charge in [0.25, 0.3) is 0 Å². The molecule has 0 spiro atoms. The Kier molecular flexibility index (Phi) is 4.35. The quantitative estimate of drug-likeness (QED) is 0.450. The number of ether oxygens (including phenoxy) is 1. The van der Waals surface area contributed by atoms with Gasteiger partial charge in [0.05, 0.1) is 25.9 Å². The standard InChI is InChI=1S/C8H4Br2N2O6/c1-18-8(13)5-6(11(14)15)3(9)2-4(10)7(5)12(16)17/h2H,1H3. The summed E-state index contributed by atoms with van der Waals surface area (Å²) in [6.07, 6.45) is 0. The number of nitro benzene ring substituents is 2. The van der Waals surface area contributed by atoms with Crippen molar-refractivity contribution in [2.24, 2.45) is 0 Å². The topological polar surface area (TPSA) is 113 Å². The Bertz CT molecular complexity index is 521. The predicted octanol–water partition coefficient (Wildman–Crippen LogP) is 2.81. The van der Waals surface area contributed by atoms with Crippen molar-refractivity contribution in [2.75, 3.05) is 7.11 Å². The van der Waals surface area contributed by atoms with Crippen LogP contribution in [0.2, 0.25) is 0 Å². The third-order valence-electron chi connectivity index (χ3n) is 1.93. The fourth-order valence-corrected chi connectivity index (χ4v) is 2.70. The number of nitro groups is 2. The molecule has 0 bridgehead atoms. The molecule has 96 valence electrons. The average Bonchev–Trinajstić information content (AvgIpc) is 2.25. The van der Waals surface area contributed by atoms with Gasteiger partial charge in [0.15, 0.2) is 0 Å². The van der Waals surface area contributed by atoms with E-state index in [-0.39, 0.29) is 8.95 Å². The molecule has 0 unspecified atom stereocenters. The molecule has 0 radical (unpaired) electrons. The second-order valence-electron chi connectivity index (χ2n) is 2.92. The van der Waals surface area contributed by atoms with Gasteiger partial charge in [0, 0.05) is 0 Å². The van der Waals surface area contributed by atoms with E-state index in [1.807, 2.05) is 0 Å². The summed E-state index contributed by atoms with van der Waals surface area (Å²) in [6.45, 7) is 0. The van der Waals surface area contributed by atoms with Crippen LogP contribution >= 0.6 is 31.9 Å². The largest absolute Gasteiger partial charge is 0.465 e. The number of nitrogens with zero attached hydrogens (tertiary/aromatic N) is 2. The summed E-state index contributed by atoms with van der Waals surface area (Å²) < 4.78 is 4.21. The number of hydrogen-bond donors (Lipinski definition) is 0. The van der Waals surface area contributed by atoms with Gasteiger partial charge >= 0.3 is 17.3 Å². The molecule has 0 aliphatic carbocycles. The zero-order chi connectivity index (χ0) is 14.0. The van der Waals surface area contributed by atoms with Gasteiger partial charge in [-0.2, -0.15) is 0 Å². The van der Waals surface area contributed by atoms with Crippen LogP contribution in [-0.2, 0) is 4.74 Å². The van der Waals surface area contributed by atoms with Crippen LogP contribution in [0.4, 0.5) is 11.4 Å². The van der Waals surface area contributed by atoms with Crippen LogP contribution in [0.3, 0.4) is 0 Å². The molecule has 0 aromatic heterocycles. The summed E-state index contributed by atoms with van der Waals surface area (Å²) >= 11 is 5.75. The number of rotatable bonds is 3. The van der Waals surface area contributed by atoms with E-state index in [4.69, 9.17) is 0 Å². The molecule has 0 saturated carbocycles. The number of benzene rings is 1. The number of carbonyl (C=O) groups is 1. The Morgan fingerprint density at radius 1 is 1.17 bits per heavy atom. The van der Waals surface area contributed by atoms with Crippen LogP contribution < -0.4 is 0 Å². The maximum atomic E-state index is 11.5. The molecule has 0 saturated heterocycles. The predicted molar refractivity (Wildman–Crippen MR) is 66.5 cm³/mol. The number of methoxy groups -OCH3 is 1. The van der Waals surface area contributed by atoms with Gasteiger partial charge in [-0.3, -0.25) is 20.2 Å². The van der Waals surface area contributed by atoms with E-state index in [9.17, 15) is 25.0 Å². The average molecular weight is 384 g/mol. The molecular formula is C8H4Br2N2O6. The zero-order valence-corrected chi connectivity index (χ0v) is 11.8. The third kappa shape index (κ3) is 2.48. The van der Waals surface area contributed by atoms with E-state index < -0.39 is 32.8 Å². The van der Waals surface area contributed by atoms with Gasteiger partial charge in [-0.15, -0.1) is 0 Å². The summed E-state index contributed by atoms with van der Waals surface area (Å²) in [6, 6.07) is 1.13. The molecule has 10 heteroatoms. The van der Waals surface area contributed by atoms with Crippen molar-refractivity contribution in [1.82, 2.24) is 0 Å². The van der Waals surface area contributed by atoms with Crippen molar-refractivity contribution in [2.45, 2.75) is 0 Å². The Balaban J connectivity index is 3.82. The first-order valence-corrected chi connectivity index (χ1v) is 5.79. The summed E-state index contributed by atoms with van der Waals surface area (Å²) in [5.41, 5.74) is -2.14. The molecule has 0 N–H and O–H groups in total. The van der Waals surface area contributed by atoms with Gasteiger partial charge in [-0.25, -0.2) is 4.79 Å². The minimum atomic E-state index is -1.16. The first-order valence-electron chi connectivity index (χ1n) is 4.20. The Hall–Kier alpha value is -1.55. The lowest BCUT2D eigenvalue weighted by molar-refractivity contribution is -0.395. The van der Waals surface area contributed by atoms with Gasteiger partial charge in [-0.05, 0) is 37.9 Å². The van der Waals surface area contributed by atoms with E-state index in [1.165, 1.54) is 0 Å². The van der Waals surface area contributed by atoms with Crippen LogP contribution in [0.5, 0.6) is 0 Å².